The standard InChI is InChI=1S/C36H36F3NO4S/c37-36(38,39)44-30-15-4-11-26(22-30)12-5-17-32(41)29(21-25-9-2-1-3-10-25)24-33(42)27-13-6-14-28(23-27)35(43)40-19-7-16-31(40)34-18-8-20-45-34/h1-4,6,8-11,13-15,18,20,22-23,29,31-32,41H,5,7,12,16-17,19,21,24H2/t29-,31?,32-/m1/s1. The molecule has 9 heteroatoms. The highest BCUT2D eigenvalue weighted by molar-refractivity contribution is 7.10. The van der Waals surface area contributed by atoms with E-state index in [0.717, 1.165) is 23.3 Å². The summed E-state index contributed by atoms with van der Waals surface area (Å²) in [6.45, 7) is 0.671. The maximum atomic E-state index is 13.6. The molecule has 1 unspecified atom stereocenters. The summed E-state index contributed by atoms with van der Waals surface area (Å²) in [5.41, 5.74) is 2.56. The topological polar surface area (TPSA) is 66.8 Å². The van der Waals surface area contributed by atoms with Crippen molar-refractivity contribution < 1.29 is 32.6 Å². The first-order valence-electron chi connectivity index (χ1n) is 15.2. The van der Waals surface area contributed by atoms with Crippen LogP contribution >= 0.6 is 11.3 Å². The number of nitrogens with zero attached hydrogens (tertiary/aromatic N) is 1. The van der Waals surface area contributed by atoms with Crippen molar-refractivity contribution in [3.8, 4) is 5.75 Å². The highest BCUT2D eigenvalue weighted by atomic mass is 32.1. The second kappa shape index (κ2) is 14.9. The van der Waals surface area contributed by atoms with Crippen LogP contribution in [0, 0.1) is 5.92 Å². The molecule has 1 N–H and O–H groups in total. The second-order valence-corrected chi connectivity index (χ2v) is 12.5. The SMILES string of the molecule is O=C(C[C@@H](Cc1ccccc1)[C@H](O)CCCc1cccc(OC(F)(F)F)c1)c1cccc(C(=O)N2CCCC2c2cccs2)c1. The number of halogens is 3. The monoisotopic (exact) mass is 635 g/mol. The van der Waals surface area contributed by atoms with Crippen molar-refractivity contribution in [2.75, 3.05) is 6.54 Å². The minimum absolute atomic E-state index is 0.0434. The summed E-state index contributed by atoms with van der Waals surface area (Å²) in [5, 5.41) is 13.3. The van der Waals surface area contributed by atoms with Gasteiger partial charge in [0.05, 0.1) is 12.1 Å². The molecular weight excluding hydrogens is 599 g/mol. The number of likely N-dealkylation sites (tertiary alicyclic amines) is 1. The number of ether oxygens (including phenoxy) is 1. The van der Waals surface area contributed by atoms with Gasteiger partial charge >= 0.3 is 6.36 Å². The molecular formula is C36H36F3NO4S. The maximum Gasteiger partial charge on any atom is 0.573 e. The number of rotatable bonds is 13. The van der Waals surface area contributed by atoms with Gasteiger partial charge in [-0.1, -0.05) is 60.7 Å². The van der Waals surface area contributed by atoms with Gasteiger partial charge < -0.3 is 14.7 Å². The van der Waals surface area contributed by atoms with Gasteiger partial charge in [-0.3, -0.25) is 9.59 Å². The Morgan fingerprint density at radius 2 is 1.69 bits per heavy atom. The number of carbonyl (C=O) groups excluding carboxylic acids is 2. The molecule has 5 rings (SSSR count). The molecule has 3 atom stereocenters. The lowest BCUT2D eigenvalue weighted by Gasteiger charge is -2.24. The average Bonchev–Trinajstić information content (AvgIpc) is 3.73. The number of amides is 1. The van der Waals surface area contributed by atoms with E-state index in [1.54, 1.807) is 41.7 Å². The summed E-state index contributed by atoms with van der Waals surface area (Å²) in [7, 11) is 0. The zero-order valence-electron chi connectivity index (χ0n) is 24.8. The Kier molecular flexibility index (Phi) is 10.7. The molecule has 1 aromatic heterocycles. The van der Waals surface area contributed by atoms with E-state index in [4.69, 9.17) is 0 Å². The smallest absolute Gasteiger partial charge is 0.406 e. The Labute approximate surface area is 265 Å². The highest BCUT2D eigenvalue weighted by Crippen LogP contribution is 2.35. The van der Waals surface area contributed by atoms with Crippen molar-refractivity contribution in [3.05, 3.63) is 124 Å². The van der Waals surface area contributed by atoms with Gasteiger partial charge in [0.25, 0.3) is 5.91 Å². The Balaban J connectivity index is 1.25. The van der Waals surface area contributed by atoms with Crippen LogP contribution < -0.4 is 4.74 Å². The minimum Gasteiger partial charge on any atom is -0.406 e. The van der Waals surface area contributed by atoms with Gasteiger partial charge in [0.1, 0.15) is 5.75 Å². The molecule has 5 nitrogen and oxygen atoms in total. The van der Waals surface area contributed by atoms with E-state index < -0.39 is 12.5 Å². The number of thiophene rings is 1. The zero-order chi connectivity index (χ0) is 31.8. The zero-order valence-corrected chi connectivity index (χ0v) is 25.6. The van der Waals surface area contributed by atoms with Gasteiger partial charge in [-0.25, -0.2) is 0 Å². The normalized spacial score (nSPS) is 16.4. The molecule has 45 heavy (non-hydrogen) atoms. The van der Waals surface area contributed by atoms with Crippen LogP contribution in [-0.4, -0.2) is 40.7 Å². The molecule has 1 aliphatic heterocycles. The van der Waals surface area contributed by atoms with Gasteiger partial charge in [0.15, 0.2) is 5.78 Å². The predicted molar refractivity (Wildman–Crippen MR) is 168 cm³/mol. The van der Waals surface area contributed by atoms with Crippen molar-refractivity contribution in [3.63, 3.8) is 0 Å². The summed E-state index contributed by atoms with van der Waals surface area (Å²) < 4.78 is 41.9. The Morgan fingerprint density at radius 1 is 0.933 bits per heavy atom. The van der Waals surface area contributed by atoms with E-state index in [2.05, 4.69) is 10.8 Å². The Hall–Kier alpha value is -3.95. The van der Waals surface area contributed by atoms with Crippen molar-refractivity contribution in [2.45, 2.75) is 63.5 Å². The number of hydrogen-bond donors (Lipinski definition) is 1. The third-order valence-corrected chi connectivity index (χ3v) is 9.22. The molecule has 2 heterocycles. The molecule has 3 aromatic carbocycles. The number of aliphatic hydroxyl groups is 1. The summed E-state index contributed by atoms with van der Waals surface area (Å²) >= 11 is 1.64. The molecule has 0 radical (unpaired) electrons. The van der Waals surface area contributed by atoms with Crippen molar-refractivity contribution >= 4 is 23.0 Å². The lowest BCUT2D eigenvalue weighted by Crippen LogP contribution is -2.30. The van der Waals surface area contributed by atoms with Crippen LogP contribution in [0.25, 0.3) is 0 Å². The quantitative estimate of drug-likeness (QED) is 0.150. The Bertz CT molecular complexity index is 1560. The number of carbonyl (C=O) groups is 2. The van der Waals surface area contributed by atoms with Crippen molar-refractivity contribution in [1.29, 1.82) is 0 Å². The third-order valence-electron chi connectivity index (χ3n) is 8.25. The van der Waals surface area contributed by atoms with Crippen LogP contribution in [0.2, 0.25) is 0 Å². The molecule has 0 spiro atoms. The second-order valence-electron chi connectivity index (χ2n) is 11.5. The lowest BCUT2D eigenvalue weighted by atomic mass is 9.85. The van der Waals surface area contributed by atoms with E-state index in [1.807, 2.05) is 46.7 Å². The van der Waals surface area contributed by atoms with Crippen molar-refractivity contribution in [1.82, 2.24) is 4.90 Å². The molecule has 4 aromatic rings. The number of aryl methyl sites for hydroxylation is 1. The number of alkyl halides is 3. The van der Waals surface area contributed by atoms with E-state index in [-0.39, 0.29) is 35.8 Å². The van der Waals surface area contributed by atoms with Gasteiger partial charge in [-0.2, -0.15) is 0 Å². The molecule has 1 aliphatic rings. The lowest BCUT2D eigenvalue weighted by molar-refractivity contribution is -0.274. The molecule has 1 saturated heterocycles. The molecule has 236 valence electrons. The van der Waals surface area contributed by atoms with Crippen LogP contribution in [0.5, 0.6) is 5.75 Å². The van der Waals surface area contributed by atoms with E-state index >= 15 is 0 Å². The van der Waals surface area contributed by atoms with Crippen LogP contribution in [-0.2, 0) is 12.8 Å². The van der Waals surface area contributed by atoms with Gasteiger partial charge in [-0.15, -0.1) is 24.5 Å². The highest BCUT2D eigenvalue weighted by Gasteiger charge is 2.32. The fraction of sp³-hybridized carbons (Fsp3) is 0.333. The van der Waals surface area contributed by atoms with Gasteiger partial charge in [0, 0.05) is 29.0 Å². The number of Topliss-reactive ketones (excluding diaryl/α,β-unsaturated/α-hetero) is 1. The fourth-order valence-electron chi connectivity index (χ4n) is 6.04. The van der Waals surface area contributed by atoms with Crippen LogP contribution in [0.1, 0.15) is 74.9 Å². The predicted octanol–water partition coefficient (Wildman–Crippen LogP) is 8.44. The van der Waals surface area contributed by atoms with Gasteiger partial charge in [0.2, 0.25) is 0 Å². The van der Waals surface area contributed by atoms with Crippen LogP contribution in [0.3, 0.4) is 0 Å². The molecule has 0 saturated carbocycles. The first-order valence-corrected chi connectivity index (χ1v) is 16.1. The molecule has 1 fully saturated rings. The molecule has 0 bridgehead atoms. The summed E-state index contributed by atoms with van der Waals surface area (Å²) in [6, 6.07) is 26.4. The third kappa shape index (κ3) is 9.05. The first kappa shape index (κ1) is 32.4. The van der Waals surface area contributed by atoms with E-state index in [9.17, 15) is 27.9 Å². The van der Waals surface area contributed by atoms with Crippen molar-refractivity contribution in [2.24, 2.45) is 5.92 Å². The summed E-state index contributed by atoms with van der Waals surface area (Å²) in [4.78, 5) is 30.2. The molecule has 1 amide bonds. The maximum absolute atomic E-state index is 13.6. The number of hydrogen-bond acceptors (Lipinski definition) is 5. The van der Waals surface area contributed by atoms with E-state index in [1.165, 1.54) is 18.2 Å². The molecule has 0 aliphatic carbocycles. The minimum atomic E-state index is -4.76. The summed E-state index contributed by atoms with van der Waals surface area (Å²) in [6.07, 6.45) is -1.83. The largest absolute Gasteiger partial charge is 0.573 e. The summed E-state index contributed by atoms with van der Waals surface area (Å²) in [5.74, 6) is -0.912. The Morgan fingerprint density at radius 3 is 2.44 bits per heavy atom. The number of benzene rings is 3. The van der Waals surface area contributed by atoms with E-state index in [0.29, 0.717) is 48.9 Å². The fourth-order valence-corrected chi connectivity index (χ4v) is 6.92. The van der Waals surface area contributed by atoms with Gasteiger partial charge in [-0.05, 0) is 91.3 Å². The average molecular weight is 636 g/mol. The van der Waals surface area contributed by atoms with Crippen LogP contribution in [0.4, 0.5) is 13.2 Å². The van der Waals surface area contributed by atoms with Crippen LogP contribution in [0.15, 0.2) is 96.4 Å². The number of ketones is 1. The first-order chi connectivity index (χ1) is 21.7. The number of aliphatic hydroxyl groups excluding tert-OH is 1.